The number of halogens is 1. The van der Waals surface area contributed by atoms with Crippen LogP contribution in [0.2, 0.25) is 5.02 Å². The molecule has 0 saturated heterocycles. The number of sulfonamides is 1. The molecule has 0 N–H and O–H groups in total. The van der Waals surface area contributed by atoms with E-state index in [4.69, 9.17) is 11.6 Å². The maximum atomic E-state index is 13.7. The van der Waals surface area contributed by atoms with Gasteiger partial charge in [0.15, 0.2) is 0 Å². The van der Waals surface area contributed by atoms with Gasteiger partial charge >= 0.3 is 0 Å². The number of aromatic nitrogens is 1. The van der Waals surface area contributed by atoms with Crippen molar-refractivity contribution in [2.24, 2.45) is 0 Å². The highest BCUT2D eigenvalue weighted by atomic mass is 35.5. The minimum Gasteiger partial charge on any atom is -0.345 e. The summed E-state index contributed by atoms with van der Waals surface area (Å²) in [7, 11) is -3.76. The smallest absolute Gasteiger partial charge is 0.238 e. The summed E-state index contributed by atoms with van der Waals surface area (Å²) >= 11 is 6.41. The van der Waals surface area contributed by atoms with E-state index < -0.39 is 10.0 Å². The second-order valence-electron chi connectivity index (χ2n) is 9.72. The number of benzene rings is 2. The molecule has 1 saturated carbocycles. The highest BCUT2D eigenvalue weighted by Crippen LogP contribution is 2.26. The number of amides is 1. The van der Waals surface area contributed by atoms with Crippen LogP contribution in [-0.4, -0.2) is 47.2 Å². The van der Waals surface area contributed by atoms with Gasteiger partial charge in [-0.15, -0.1) is 0 Å². The largest absolute Gasteiger partial charge is 0.345 e. The lowest BCUT2D eigenvalue weighted by Crippen LogP contribution is -2.47. The van der Waals surface area contributed by atoms with Crippen LogP contribution in [-0.2, 0) is 27.9 Å². The third-order valence-electron chi connectivity index (χ3n) is 7.15. The summed E-state index contributed by atoms with van der Waals surface area (Å²) in [5, 5.41) is 1.90. The molecule has 0 spiro atoms. The number of carbonyl (C=O) groups excluding carboxylic acids is 1. The van der Waals surface area contributed by atoms with Gasteiger partial charge in [0.25, 0.3) is 0 Å². The summed E-state index contributed by atoms with van der Waals surface area (Å²) in [6, 6.07) is 21.1. The van der Waals surface area contributed by atoms with E-state index in [0.717, 1.165) is 42.5 Å². The van der Waals surface area contributed by atoms with E-state index in [1.165, 1.54) is 16.1 Å². The molecular formula is C30H36ClN3O3S. The van der Waals surface area contributed by atoms with Gasteiger partial charge < -0.3 is 9.47 Å². The summed E-state index contributed by atoms with van der Waals surface area (Å²) in [5.41, 5.74) is 2.80. The lowest BCUT2D eigenvalue weighted by Gasteiger charge is -2.35. The second-order valence-corrected chi connectivity index (χ2v) is 11.9. The van der Waals surface area contributed by atoms with E-state index in [0.29, 0.717) is 18.1 Å². The topological polar surface area (TPSA) is 62.6 Å². The van der Waals surface area contributed by atoms with Crippen molar-refractivity contribution >= 4 is 33.6 Å². The summed E-state index contributed by atoms with van der Waals surface area (Å²) in [4.78, 5) is 15.6. The summed E-state index contributed by atoms with van der Waals surface area (Å²) < 4.78 is 29.6. The Morgan fingerprint density at radius 1 is 1.00 bits per heavy atom. The van der Waals surface area contributed by atoms with E-state index >= 15 is 0 Å². The third kappa shape index (κ3) is 7.37. The first-order valence-electron chi connectivity index (χ1n) is 13.3. The van der Waals surface area contributed by atoms with Crippen LogP contribution in [0.1, 0.15) is 55.8 Å². The highest BCUT2D eigenvalue weighted by Gasteiger charge is 2.30. The number of hydrogen-bond donors (Lipinski definition) is 0. The monoisotopic (exact) mass is 553 g/mol. The number of likely N-dealkylation sites (N-methyl/N-ethyl adjacent to an activating group) is 1. The molecule has 1 heterocycles. The molecule has 6 nitrogen and oxygen atoms in total. The minimum absolute atomic E-state index is 0.0983. The van der Waals surface area contributed by atoms with Gasteiger partial charge in [-0.2, -0.15) is 4.31 Å². The van der Waals surface area contributed by atoms with Gasteiger partial charge in [-0.05, 0) is 48.2 Å². The zero-order valence-electron chi connectivity index (χ0n) is 21.9. The second kappa shape index (κ2) is 13.3. The molecule has 2 aromatic carbocycles. The van der Waals surface area contributed by atoms with Crippen molar-refractivity contribution in [1.82, 2.24) is 13.8 Å². The maximum absolute atomic E-state index is 13.7. The van der Waals surface area contributed by atoms with E-state index in [-0.39, 0.29) is 25.0 Å². The van der Waals surface area contributed by atoms with Gasteiger partial charge in [-0.1, -0.05) is 86.3 Å². The quantitative estimate of drug-likeness (QED) is 0.285. The van der Waals surface area contributed by atoms with Crippen molar-refractivity contribution in [2.45, 2.75) is 58.2 Å². The molecule has 0 bridgehead atoms. The fourth-order valence-electron chi connectivity index (χ4n) is 4.98. The molecule has 1 aliphatic rings. The molecule has 0 radical (unpaired) electrons. The molecule has 8 heteroatoms. The molecular weight excluding hydrogens is 518 g/mol. The van der Waals surface area contributed by atoms with Gasteiger partial charge in [0.2, 0.25) is 15.9 Å². The van der Waals surface area contributed by atoms with Crippen molar-refractivity contribution in [3.05, 3.63) is 100 Å². The average Bonchev–Trinajstić information content (AvgIpc) is 3.38. The highest BCUT2D eigenvalue weighted by molar-refractivity contribution is 7.92. The van der Waals surface area contributed by atoms with Gasteiger partial charge in [0.1, 0.15) is 0 Å². The summed E-state index contributed by atoms with van der Waals surface area (Å²) in [5.74, 6) is -0.166. The van der Waals surface area contributed by atoms with Crippen molar-refractivity contribution in [1.29, 1.82) is 0 Å². The van der Waals surface area contributed by atoms with Gasteiger partial charge in [-0.3, -0.25) is 4.79 Å². The van der Waals surface area contributed by atoms with E-state index in [2.05, 4.69) is 4.57 Å². The van der Waals surface area contributed by atoms with Crippen LogP contribution in [0.25, 0.3) is 6.08 Å². The van der Waals surface area contributed by atoms with Crippen molar-refractivity contribution < 1.29 is 13.2 Å². The Morgan fingerprint density at radius 3 is 2.42 bits per heavy atom. The lowest BCUT2D eigenvalue weighted by molar-refractivity contribution is -0.135. The van der Waals surface area contributed by atoms with Crippen LogP contribution in [0.4, 0.5) is 0 Å². The van der Waals surface area contributed by atoms with Crippen molar-refractivity contribution in [3.63, 3.8) is 0 Å². The first kappa shape index (κ1) is 28.1. The van der Waals surface area contributed by atoms with Crippen molar-refractivity contribution in [3.8, 4) is 0 Å². The Labute approximate surface area is 231 Å². The lowest BCUT2D eigenvalue weighted by atomic mass is 9.94. The Kier molecular flexibility index (Phi) is 9.83. The van der Waals surface area contributed by atoms with Gasteiger partial charge in [-0.25, -0.2) is 8.42 Å². The molecule has 1 aromatic heterocycles. The van der Waals surface area contributed by atoms with Gasteiger partial charge in [0.05, 0.1) is 13.1 Å². The molecule has 38 heavy (non-hydrogen) atoms. The first-order chi connectivity index (χ1) is 18.4. The first-order valence-corrected chi connectivity index (χ1v) is 15.2. The Hall–Kier alpha value is -2.87. The summed E-state index contributed by atoms with van der Waals surface area (Å²) in [6.07, 6.45) is 8.76. The third-order valence-corrected chi connectivity index (χ3v) is 9.10. The number of rotatable bonds is 11. The van der Waals surface area contributed by atoms with Crippen LogP contribution in [0, 0.1) is 0 Å². The number of carbonyl (C=O) groups is 1. The van der Waals surface area contributed by atoms with Crippen LogP contribution < -0.4 is 0 Å². The maximum Gasteiger partial charge on any atom is 0.238 e. The molecule has 1 amide bonds. The van der Waals surface area contributed by atoms with E-state index in [1.54, 1.807) is 13.0 Å². The molecule has 3 aromatic rings. The SMILES string of the molecule is CCN(CC(=O)N(Cc1cccn1Cc1ccccc1Cl)C1CCCCC1)S(=O)(=O)C=Cc1ccccc1. The van der Waals surface area contributed by atoms with Gasteiger partial charge in [0, 0.05) is 41.5 Å². The number of hydrogen-bond acceptors (Lipinski definition) is 3. The Bertz CT molecular complexity index is 1330. The number of nitrogens with zero attached hydrogens (tertiary/aromatic N) is 3. The van der Waals surface area contributed by atoms with Crippen molar-refractivity contribution in [2.75, 3.05) is 13.1 Å². The van der Waals surface area contributed by atoms with E-state index in [1.807, 2.05) is 77.8 Å². The predicted octanol–water partition coefficient (Wildman–Crippen LogP) is 6.17. The zero-order chi connectivity index (χ0) is 27.0. The Balaban J connectivity index is 1.53. The average molecular weight is 554 g/mol. The summed E-state index contributed by atoms with van der Waals surface area (Å²) in [6.45, 7) is 2.84. The molecule has 202 valence electrons. The molecule has 1 aliphatic carbocycles. The fraction of sp³-hybridized carbons (Fsp3) is 0.367. The zero-order valence-corrected chi connectivity index (χ0v) is 23.4. The predicted molar refractivity (Wildman–Crippen MR) is 154 cm³/mol. The van der Waals surface area contributed by atoms with Crippen LogP contribution in [0.5, 0.6) is 0 Å². The van der Waals surface area contributed by atoms with Crippen LogP contribution in [0.15, 0.2) is 78.3 Å². The standard InChI is InChI=1S/C30H36ClN3O3S/c1-2-33(38(36,37)21-19-25-12-5-3-6-13-25)24-30(35)34(27-15-7-4-8-16-27)23-28-17-11-20-32(28)22-26-14-9-10-18-29(26)31/h3,5-6,9-14,17-21,27H,2,4,7-8,15-16,22-24H2,1H3. The Morgan fingerprint density at radius 2 is 1.71 bits per heavy atom. The molecule has 0 aliphatic heterocycles. The van der Waals surface area contributed by atoms with Crippen LogP contribution in [0.3, 0.4) is 0 Å². The fourth-order valence-corrected chi connectivity index (χ4v) is 6.33. The minimum atomic E-state index is -3.76. The molecule has 0 unspecified atom stereocenters. The normalized spacial score (nSPS) is 14.8. The van der Waals surface area contributed by atoms with E-state index in [9.17, 15) is 13.2 Å². The molecule has 4 rings (SSSR count). The molecule has 1 fully saturated rings. The van der Waals surface area contributed by atoms with Crippen LogP contribution >= 0.6 is 11.6 Å². The molecule has 0 atom stereocenters.